The van der Waals surface area contributed by atoms with E-state index in [1.54, 1.807) is 4.90 Å². The Kier molecular flexibility index (Phi) is 4.90. The van der Waals surface area contributed by atoms with Crippen molar-refractivity contribution in [2.75, 3.05) is 32.7 Å². The van der Waals surface area contributed by atoms with Crippen LogP contribution in [0.4, 0.5) is 13.2 Å². The molecular formula is C13H22F3N3O. The van der Waals surface area contributed by atoms with E-state index < -0.39 is 12.7 Å². The van der Waals surface area contributed by atoms with Crippen molar-refractivity contribution >= 4 is 5.91 Å². The van der Waals surface area contributed by atoms with Gasteiger partial charge in [-0.1, -0.05) is 0 Å². The number of hydrogen-bond donors (Lipinski definition) is 1. The monoisotopic (exact) mass is 293 g/mol. The van der Waals surface area contributed by atoms with Gasteiger partial charge in [-0.3, -0.25) is 9.69 Å². The smallest absolute Gasteiger partial charge is 0.339 e. The zero-order valence-electron chi connectivity index (χ0n) is 11.7. The van der Waals surface area contributed by atoms with E-state index in [0.29, 0.717) is 32.2 Å². The summed E-state index contributed by atoms with van der Waals surface area (Å²) >= 11 is 0. The van der Waals surface area contributed by atoms with Gasteiger partial charge in [-0.25, -0.2) is 0 Å². The van der Waals surface area contributed by atoms with Crippen LogP contribution in [-0.2, 0) is 4.79 Å². The zero-order chi connectivity index (χ0) is 14.8. The second-order valence-corrected chi connectivity index (χ2v) is 5.77. The van der Waals surface area contributed by atoms with Crippen LogP contribution in [-0.4, -0.2) is 66.7 Å². The summed E-state index contributed by atoms with van der Waals surface area (Å²) in [4.78, 5) is 15.4. The highest BCUT2D eigenvalue weighted by molar-refractivity contribution is 5.82. The fourth-order valence-electron chi connectivity index (χ4n) is 2.93. The molecule has 4 nitrogen and oxygen atoms in total. The fourth-order valence-corrected chi connectivity index (χ4v) is 2.93. The Balaban J connectivity index is 1.79. The molecule has 0 aliphatic carbocycles. The van der Waals surface area contributed by atoms with Crippen LogP contribution in [0.3, 0.4) is 0 Å². The number of carbonyl (C=O) groups excluding carboxylic acids is 1. The minimum atomic E-state index is -4.16. The molecule has 0 saturated carbocycles. The third-order valence-electron chi connectivity index (χ3n) is 4.00. The number of nitrogens with zero attached hydrogens (tertiary/aromatic N) is 2. The molecule has 7 heteroatoms. The van der Waals surface area contributed by atoms with Crippen LogP contribution in [0.1, 0.15) is 26.2 Å². The number of hydrogen-bond acceptors (Lipinski definition) is 3. The van der Waals surface area contributed by atoms with E-state index in [1.807, 2.05) is 0 Å². The Labute approximate surface area is 117 Å². The average Bonchev–Trinajstić information content (AvgIpc) is 2.37. The number of carbonyl (C=O) groups is 1. The van der Waals surface area contributed by atoms with Gasteiger partial charge < -0.3 is 10.2 Å². The van der Waals surface area contributed by atoms with E-state index in [0.717, 1.165) is 19.3 Å². The first kappa shape index (κ1) is 15.6. The highest BCUT2D eigenvalue weighted by Gasteiger charge is 2.34. The molecule has 2 unspecified atom stereocenters. The minimum absolute atomic E-state index is 0.0446. The summed E-state index contributed by atoms with van der Waals surface area (Å²) in [5, 5.41) is 3.28. The second-order valence-electron chi connectivity index (χ2n) is 5.77. The van der Waals surface area contributed by atoms with Gasteiger partial charge in [-0.05, 0) is 26.2 Å². The molecule has 0 aromatic heterocycles. The molecule has 0 bridgehead atoms. The highest BCUT2D eigenvalue weighted by atomic mass is 19.4. The molecule has 0 radical (unpaired) electrons. The van der Waals surface area contributed by atoms with Crippen LogP contribution in [0.25, 0.3) is 0 Å². The summed E-state index contributed by atoms with van der Waals surface area (Å²) in [6, 6.07) is 0.178. The predicted molar refractivity (Wildman–Crippen MR) is 69.3 cm³/mol. The lowest BCUT2D eigenvalue weighted by atomic mass is 9.98. The van der Waals surface area contributed by atoms with Gasteiger partial charge in [0.1, 0.15) is 0 Å². The van der Waals surface area contributed by atoms with Crippen molar-refractivity contribution in [3.63, 3.8) is 0 Å². The van der Waals surface area contributed by atoms with E-state index in [-0.39, 0.29) is 11.9 Å². The first-order chi connectivity index (χ1) is 9.35. The molecule has 2 aliphatic heterocycles. The maximum absolute atomic E-state index is 12.3. The summed E-state index contributed by atoms with van der Waals surface area (Å²) in [6.07, 6.45) is -1.24. The summed E-state index contributed by atoms with van der Waals surface area (Å²) in [5.41, 5.74) is 0. The topological polar surface area (TPSA) is 35.6 Å². The third-order valence-corrected chi connectivity index (χ3v) is 4.00. The highest BCUT2D eigenvalue weighted by Crippen LogP contribution is 2.19. The van der Waals surface area contributed by atoms with Crippen LogP contribution in [0.2, 0.25) is 0 Å². The molecule has 2 heterocycles. The molecule has 0 aromatic carbocycles. The second kappa shape index (κ2) is 6.30. The van der Waals surface area contributed by atoms with E-state index in [2.05, 4.69) is 12.2 Å². The number of alkyl halides is 3. The Morgan fingerprint density at radius 1 is 1.20 bits per heavy atom. The van der Waals surface area contributed by atoms with Crippen LogP contribution in [0.15, 0.2) is 0 Å². The van der Waals surface area contributed by atoms with Crippen LogP contribution >= 0.6 is 0 Å². The van der Waals surface area contributed by atoms with E-state index in [1.165, 1.54) is 4.90 Å². The summed E-state index contributed by atoms with van der Waals surface area (Å²) in [6.45, 7) is 2.55. The zero-order valence-corrected chi connectivity index (χ0v) is 11.7. The van der Waals surface area contributed by atoms with Crippen molar-refractivity contribution < 1.29 is 18.0 Å². The lowest BCUT2D eigenvalue weighted by Crippen LogP contribution is -2.57. The number of piperidine rings is 1. The number of halogens is 3. The standard InChI is InChI=1S/C13H22F3N3O/c1-10-3-2-4-11(17-10)12(20)19-7-5-18(6-8-19)9-13(14,15)16/h10-11,17H,2-9H2,1H3. The van der Waals surface area contributed by atoms with Crippen LogP contribution in [0, 0.1) is 0 Å². The van der Waals surface area contributed by atoms with Crippen LogP contribution < -0.4 is 5.32 Å². The molecule has 116 valence electrons. The van der Waals surface area contributed by atoms with Crippen LogP contribution in [0.5, 0.6) is 0 Å². The molecule has 2 saturated heterocycles. The molecule has 2 aliphatic rings. The van der Waals surface area contributed by atoms with Gasteiger partial charge >= 0.3 is 6.18 Å². The SMILES string of the molecule is CC1CCCC(C(=O)N2CCN(CC(F)(F)F)CC2)N1. The molecule has 20 heavy (non-hydrogen) atoms. The maximum Gasteiger partial charge on any atom is 0.401 e. The molecule has 2 rings (SSSR count). The van der Waals surface area contributed by atoms with Gasteiger partial charge in [0.25, 0.3) is 0 Å². The average molecular weight is 293 g/mol. The normalized spacial score (nSPS) is 29.5. The number of nitrogens with one attached hydrogen (secondary N) is 1. The summed E-state index contributed by atoms with van der Waals surface area (Å²) in [5.74, 6) is 0.0446. The number of piperazine rings is 1. The first-order valence-electron chi connectivity index (χ1n) is 7.19. The Hall–Kier alpha value is -0.820. The first-order valence-corrected chi connectivity index (χ1v) is 7.19. The molecular weight excluding hydrogens is 271 g/mol. The largest absolute Gasteiger partial charge is 0.401 e. The minimum Gasteiger partial charge on any atom is -0.339 e. The number of rotatable bonds is 2. The van der Waals surface area contributed by atoms with Gasteiger partial charge in [-0.15, -0.1) is 0 Å². The van der Waals surface area contributed by atoms with Gasteiger partial charge in [0.2, 0.25) is 5.91 Å². The molecule has 2 fully saturated rings. The molecule has 0 aromatic rings. The van der Waals surface area contributed by atoms with Crippen molar-refractivity contribution in [3.05, 3.63) is 0 Å². The van der Waals surface area contributed by atoms with E-state index in [4.69, 9.17) is 0 Å². The molecule has 1 N–H and O–H groups in total. The van der Waals surface area contributed by atoms with Crippen molar-refractivity contribution in [2.45, 2.75) is 44.4 Å². The van der Waals surface area contributed by atoms with Crippen molar-refractivity contribution in [2.24, 2.45) is 0 Å². The lowest BCUT2D eigenvalue weighted by Gasteiger charge is -2.38. The van der Waals surface area contributed by atoms with Gasteiger partial charge in [0.05, 0.1) is 12.6 Å². The molecule has 2 atom stereocenters. The number of amides is 1. The molecule has 0 spiro atoms. The van der Waals surface area contributed by atoms with Gasteiger partial charge in [0.15, 0.2) is 0 Å². The summed E-state index contributed by atoms with van der Waals surface area (Å²) < 4.78 is 36.9. The third kappa shape index (κ3) is 4.34. The quantitative estimate of drug-likeness (QED) is 0.831. The van der Waals surface area contributed by atoms with Crippen molar-refractivity contribution in [3.8, 4) is 0 Å². The summed E-state index contributed by atoms with van der Waals surface area (Å²) in [7, 11) is 0. The maximum atomic E-state index is 12.3. The fraction of sp³-hybridized carbons (Fsp3) is 0.923. The van der Waals surface area contributed by atoms with Crippen molar-refractivity contribution in [1.82, 2.24) is 15.1 Å². The van der Waals surface area contributed by atoms with Crippen molar-refractivity contribution in [1.29, 1.82) is 0 Å². The Morgan fingerprint density at radius 2 is 1.85 bits per heavy atom. The van der Waals surface area contributed by atoms with E-state index >= 15 is 0 Å². The lowest BCUT2D eigenvalue weighted by molar-refractivity contribution is -0.152. The Morgan fingerprint density at radius 3 is 2.40 bits per heavy atom. The van der Waals surface area contributed by atoms with Gasteiger partial charge in [-0.2, -0.15) is 13.2 Å². The molecule has 1 amide bonds. The Bertz CT molecular complexity index is 340. The predicted octanol–water partition coefficient (Wildman–Crippen LogP) is 1.22. The van der Waals surface area contributed by atoms with Gasteiger partial charge in [0, 0.05) is 32.2 Å². The van der Waals surface area contributed by atoms with E-state index in [9.17, 15) is 18.0 Å².